The van der Waals surface area contributed by atoms with Crippen LogP contribution in [0, 0.1) is 0 Å². The lowest BCUT2D eigenvalue weighted by atomic mass is 10.2. The number of hydrogen-bond donors (Lipinski definition) is 2. The first-order valence-electron chi connectivity index (χ1n) is 5.57. The maximum absolute atomic E-state index is 12.5. The highest BCUT2D eigenvalue weighted by Crippen LogP contribution is 2.58. The molecule has 0 radical (unpaired) electrons. The summed E-state index contributed by atoms with van der Waals surface area (Å²) >= 11 is 3.18. The van der Waals surface area contributed by atoms with E-state index in [2.05, 4.69) is 15.9 Å². The van der Waals surface area contributed by atoms with E-state index in [0.29, 0.717) is 10.0 Å². The van der Waals surface area contributed by atoms with E-state index in [1.165, 1.54) is 6.07 Å². The zero-order valence-electron chi connectivity index (χ0n) is 10.3. The van der Waals surface area contributed by atoms with Gasteiger partial charge in [-0.15, -0.1) is 0 Å². The Balaban J connectivity index is 3.05. The molecule has 1 aromatic rings. The maximum atomic E-state index is 12.5. The molecule has 0 aliphatic rings. The maximum Gasteiger partial charge on any atom is 0.351 e. The molecule has 0 heterocycles. The third-order valence-corrected chi connectivity index (χ3v) is 5.12. The molecule has 0 unspecified atom stereocenters. The van der Waals surface area contributed by atoms with Crippen LogP contribution in [0.3, 0.4) is 0 Å². The Bertz CT molecular complexity index is 445. The highest BCUT2D eigenvalue weighted by molar-refractivity contribution is 9.10. The second kappa shape index (κ2) is 6.68. The average molecular weight is 338 g/mol. The Kier molecular flexibility index (Phi) is 5.82. The fraction of sp³-hybridized carbons (Fsp3) is 0.455. The van der Waals surface area contributed by atoms with Crippen molar-refractivity contribution in [2.24, 2.45) is 5.73 Å². The van der Waals surface area contributed by atoms with Crippen LogP contribution >= 0.6 is 23.5 Å². The Morgan fingerprint density at radius 2 is 1.94 bits per heavy atom. The lowest BCUT2D eigenvalue weighted by Crippen LogP contribution is -2.15. The van der Waals surface area contributed by atoms with Gasteiger partial charge in [-0.25, -0.2) is 0 Å². The molecule has 0 fully saturated rings. The normalized spacial score (nSPS) is 13.6. The first-order valence-corrected chi connectivity index (χ1v) is 7.97. The molecule has 0 bridgehead atoms. The standard InChI is InChI=1S/C11H17BrNO4P/c1-3-16-18(15,17-4-2)11(13)8-5-6-10(14)9(12)7-8/h5-7,11,14H,3-4,13H2,1-2H3/t11-/m0/s1. The number of aromatic hydroxyl groups is 1. The first-order chi connectivity index (χ1) is 8.44. The topological polar surface area (TPSA) is 81.8 Å². The summed E-state index contributed by atoms with van der Waals surface area (Å²) in [6, 6.07) is 4.67. The molecule has 5 nitrogen and oxygen atoms in total. The summed E-state index contributed by atoms with van der Waals surface area (Å²) in [5.74, 6) is -0.789. The molecule has 0 amide bonds. The molecule has 102 valence electrons. The fourth-order valence-electron chi connectivity index (χ4n) is 1.45. The number of nitrogens with two attached hydrogens (primary N) is 1. The van der Waals surface area contributed by atoms with E-state index in [9.17, 15) is 9.67 Å². The van der Waals surface area contributed by atoms with E-state index in [1.807, 2.05) is 0 Å². The van der Waals surface area contributed by atoms with Crippen LogP contribution in [0.25, 0.3) is 0 Å². The minimum Gasteiger partial charge on any atom is -0.507 e. The summed E-state index contributed by atoms with van der Waals surface area (Å²) in [6.45, 7) is 3.96. The predicted octanol–water partition coefficient (Wildman–Crippen LogP) is 3.38. The summed E-state index contributed by atoms with van der Waals surface area (Å²) in [6.07, 6.45) is 0. The van der Waals surface area contributed by atoms with Gasteiger partial charge < -0.3 is 19.9 Å². The van der Waals surface area contributed by atoms with Crippen molar-refractivity contribution in [3.8, 4) is 5.75 Å². The van der Waals surface area contributed by atoms with E-state index in [-0.39, 0.29) is 19.0 Å². The van der Waals surface area contributed by atoms with Crippen molar-refractivity contribution in [1.82, 2.24) is 0 Å². The molecule has 0 aromatic heterocycles. The van der Waals surface area contributed by atoms with Gasteiger partial charge in [0.15, 0.2) is 0 Å². The molecule has 0 aliphatic heterocycles. The molecule has 18 heavy (non-hydrogen) atoms. The van der Waals surface area contributed by atoms with Crippen LogP contribution in [0.4, 0.5) is 0 Å². The molecule has 1 atom stereocenters. The van der Waals surface area contributed by atoms with Gasteiger partial charge in [0.25, 0.3) is 0 Å². The minimum atomic E-state index is -3.39. The second-order valence-electron chi connectivity index (χ2n) is 3.53. The fourth-order valence-corrected chi connectivity index (χ4v) is 3.49. The zero-order valence-corrected chi connectivity index (χ0v) is 12.8. The molecule has 1 rings (SSSR count). The third kappa shape index (κ3) is 3.56. The predicted molar refractivity (Wildman–Crippen MR) is 73.6 cm³/mol. The number of rotatable bonds is 6. The van der Waals surface area contributed by atoms with Crippen LogP contribution in [0.1, 0.15) is 25.2 Å². The van der Waals surface area contributed by atoms with Crippen LogP contribution in [0.5, 0.6) is 5.75 Å². The second-order valence-corrected chi connectivity index (χ2v) is 6.54. The van der Waals surface area contributed by atoms with Crippen LogP contribution in [-0.2, 0) is 13.6 Å². The van der Waals surface area contributed by atoms with Crippen LogP contribution in [0.2, 0.25) is 0 Å². The van der Waals surface area contributed by atoms with Crippen molar-refractivity contribution in [3.05, 3.63) is 28.2 Å². The van der Waals surface area contributed by atoms with Crippen LogP contribution in [0.15, 0.2) is 22.7 Å². The van der Waals surface area contributed by atoms with Crippen molar-refractivity contribution in [2.75, 3.05) is 13.2 Å². The van der Waals surface area contributed by atoms with Crippen molar-refractivity contribution < 1.29 is 18.7 Å². The molecule has 7 heteroatoms. The molecule has 0 saturated heterocycles. The molecule has 3 N–H and O–H groups in total. The first kappa shape index (κ1) is 15.7. The van der Waals surface area contributed by atoms with E-state index in [0.717, 1.165) is 0 Å². The number of hydrogen-bond acceptors (Lipinski definition) is 5. The van der Waals surface area contributed by atoms with Crippen molar-refractivity contribution >= 4 is 23.5 Å². The van der Waals surface area contributed by atoms with Crippen molar-refractivity contribution in [2.45, 2.75) is 19.6 Å². The number of phenols is 1. The van der Waals surface area contributed by atoms with Gasteiger partial charge in [-0.3, -0.25) is 4.57 Å². The lowest BCUT2D eigenvalue weighted by Gasteiger charge is -2.23. The summed E-state index contributed by atoms with van der Waals surface area (Å²) in [7, 11) is -3.39. The monoisotopic (exact) mass is 337 g/mol. The molecule has 0 saturated carbocycles. The van der Waals surface area contributed by atoms with Crippen LogP contribution < -0.4 is 5.73 Å². The van der Waals surface area contributed by atoms with Crippen LogP contribution in [-0.4, -0.2) is 18.3 Å². The number of benzene rings is 1. The highest BCUT2D eigenvalue weighted by atomic mass is 79.9. The van der Waals surface area contributed by atoms with Crippen molar-refractivity contribution in [3.63, 3.8) is 0 Å². The molecule has 1 aromatic carbocycles. The van der Waals surface area contributed by atoms with Crippen molar-refractivity contribution in [1.29, 1.82) is 0 Å². The Morgan fingerprint density at radius 3 is 2.39 bits per heavy atom. The van der Waals surface area contributed by atoms with Gasteiger partial charge in [0.05, 0.1) is 17.7 Å². The lowest BCUT2D eigenvalue weighted by molar-refractivity contribution is 0.212. The summed E-state index contributed by atoms with van der Waals surface area (Å²) in [4.78, 5) is 0. The molecular weight excluding hydrogens is 321 g/mol. The zero-order chi connectivity index (χ0) is 13.8. The largest absolute Gasteiger partial charge is 0.507 e. The number of phenolic OH excluding ortho intramolecular Hbond substituents is 1. The van der Waals surface area contributed by atoms with E-state index in [4.69, 9.17) is 14.8 Å². The van der Waals surface area contributed by atoms with Gasteiger partial charge in [-0.1, -0.05) is 6.07 Å². The minimum absolute atomic E-state index is 0.0913. The van der Waals surface area contributed by atoms with Gasteiger partial charge in [-0.2, -0.15) is 0 Å². The SMILES string of the molecule is CCOP(=O)(OCC)[C@H](N)c1ccc(O)c(Br)c1. The highest BCUT2D eigenvalue weighted by Gasteiger charge is 2.34. The average Bonchev–Trinajstić information content (AvgIpc) is 2.32. The Labute approximate surface area is 115 Å². The summed E-state index contributed by atoms with van der Waals surface area (Å²) in [5, 5.41) is 9.42. The summed E-state index contributed by atoms with van der Waals surface area (Å²) < 4.78 is 23.3. The van der Waals surface area contributed by atoms with Gasteiger partial charge in [0.1, 0.15) is 11.5 Å². The van der Waals surface area contributed by atoms with Gasteiger partial charge in [0.2, 0.25) is 0 Å². The van der Waals surface area contributed by atoms with Gasteiger partial charge in [0, 0.05) is 0 Å². The quantitative estimate of drug-likeness (QED) is 0.777. The Morgan fingerprint density at radius 1 is 1.39 bits per heavy atom. The number of halogens is 1. The van der Waals surface area contributed by atoms with E-state index < -0.39 is 13.4 Å². The smallest absolute Gasteiger partial charge is 0.351 e. The molecule has 0 aliphatic carbocycles. The molecule has 0 spiro atoms. The Hall–Kier alpha value is -0.390. The van der Waals surface area contributed by atoms with E-state index in [1.54, 1.807) is 26.0 Å². The van der Waals surface area contributed by atoms with Gasteiger partial charge in [-0.05, 0) is 47.5 Å². The third-order valence-electron chi connectivity index (χ3n) is 2.27. The van der Waals surface area contributed by atoms with E-state index >= 15 is 0 Å². The summed E-state index contributed by atoms with van der Waals surface area (Å²) in [5.41, 5.74) is 6.52. The van der Waals surface area contributed by atoms with Gasteiger partial charge >= 0.3 is 7.60 Å². The molecular formula is C11H17BrNO4P.